The molecule has 2 aromatic carbocycles. The summed E-state index contributed by atoms with van der Waals surface area (Å²) in [6.45, 7) is 12.7. The van der Waals surface area contributed by atoms with E-state index >= 15 is 0 Å². The van der Waals surface area contributed by atoms with Gasteiger partial charge >= 0.3 is 0 Å². The number of rotatable bonds is 4. The SMILES string of the molecule is C=C(C)C1=CN(Cc2ccc(OC)cc2)c2c(C)ccc(F)c2C1=C. The van der Waals surface area contributed by atoms with E-state index in [0.29, 0.717) is 17.7 Å². The molecule has 0 bridgehead atoms. The second-order valence-electron chi connectivity index (χ2n) is 6.37. The lowest BCUT2D eigenvalue weighted by Gasteiger charge is -2.33. The zero-order valence-corrected chi connectivity index (χ0v) is 14.9. The van der Waals surface area contributed by atoms with Gasteiger partial charge in [-0.2, -0.15) is 0 Å². The van der Waals surface area contributed by atoms with Crippen molar-refractivity contribution in [2.75, 3.05) is 12.0 Å². The smallest absolute Gasteiger partial charge is 0.133 e. The highest BCUT2D eigenvalue weighted by Crippen LogP contribution is 2.42. The van der Waals surface area contributed by atoms with Gasteiger partial charge in [-0.1, -0.05) is 31.4 Å². The first-order valence-corrected chi connectivity index (χ1v) is 8.18. The number of hydrogen-bond acceptors (Lipinski definition) is 2. The number of anilines is 1. The summed E-state index contributed by atoms with van der Waals surface area (Å²) in [6, 6.07) is 11.2. The first-order valence-electron chi connectivity index (χ1n) is 8.18. The molecule has 0 saturated heterocycles. The predicted octanol–water partition coefficient (Wildman–Crippen LogP) is 5.64. The van der Waals surface area contributed by atoms with Gasteiger partial charge in [-0.25, -0.2) is 4.39 Å². The van der Waals surface area contributed by atoms with Gasteiger partial charge < -0.3 is 9.64 Å². The Morgan fingerprint density at radius 2 is 1.84 bits per heavy atom. The van der Waals surface area contributed by atoms with E-state index in [9.17, 15) is 4.39 Å². The summed E-state index contributed by atoms with van der Waals surface area (Å²) >= 11 is 0. The predicted molar refractivity (Wildman–Crippen MR) is 102 cm³/mol. The fourth-order valence-electron chi connectivity index (χ4n) is 3.18. The topological polar surface area (TPSA) is 12.5 Å². The van der Waals surface area contributed by atoms with Crippen molar-refractivity contribution in [3.05, 3.63) is 89.4 Å². The summed E-state index contributed by atoms with van der Waals surface area (Å²) in [4.78, 5) is 2.08. The van der Waals surface area contributed by atoms with Gasteiger partial charge in [0.2, 0.25) is 0 Å². The van der Waals surface area contributed by atoms with E-state index in [1.165, 1.54) is 6.07 Å². The van der Waals surface area contributed by atoms with Crippen LogP contribution in [0.2, 0.25) is 0 Å². The summed E-state index contributed by atoms with van der Waals surface area (Å²) in [5.41, 5.74) is 6.00. The second kappa shape index (κ2) is 6.60. The largest absolute Gasteiger partial charge is 0.497 e. The number of hydrogen-bond donors (Lipinski definition) is 0. The fraction of sp³-hybridized carbons (Fsp3) is 0.182. The standard InChI is InChI=1S/C22H22FNO/c1-14(2)19-13-24(12-17-7-9-18(25-5)10-8-17)22-15(3)6-11-20(23)21(22)16(19)4/h6-11,13H,1,4,12H2,2-3,5H3. The third kappa shape index (κ3) is 3.10. The normalized spacial score (nSPS) is 13.4. The van der Waals surface area contributed by atoms with Gasteiger partial charge in [0.25, 0.3) is 0 Å². The molecule has 0 aromatic heterocycles. The van der Waals surface area contributed by atoms with Crippen LogP contribution in [0.15, 0.2) is 66.9 Å². The van der Waals surface area contributed by atoms with E-state index in [1.54, 1.807) is 7.11 Å². The Hall–Kier alpha value is -2.81. The minimum Gasteiger partial charge on any atom is -0.497 e. The number of fused-ring (bicyclic) bond motifs is 1. The van der Waals surface area contributed by atoms with E-state index in [4.69, 9.17) is 4.74 Å². The number of ether oxygens (including phenoxy) is 1. The quantitative estimate of drug-likeness (QED) is 0.717. The van der Waals surface area contributed by atoms with Crippen LogP contribution < -0.4 is 9.64 Å². The maximum atomic E-state index is 14.6. The molecule has 2 aromatic rings. The van der Waals surface area contributed by atoms with Crippen molar-refractivity contribution in [3.8, 4) is 5.75 Å². The van der Waals surface area contributed by atoms with Crippen LogP contribution in [0.3, 0.4) is 0 Å². The second-order valence-corrected chi connectivity index (χ2v) is 6.37. The van der Waals surface area contributed by atoms with Crippen molar-refractivity contribution < 1.29 is 9.13 Å². The van der Waals surface area contributed by atoms with E-state index in [2.05, 4.69) is 18.1 Å². The Labute approximate surface area is 148 Å². The van der Waals surface area contributed by atoms with Gasteiger partial charge in [-0.05, 0) is 54.3 Å². The highest BCUT2D eigenvalue weighted by Gasteiger charge is 2.26. The number of nitrogens with zero attached hydrogens (tertiary/aromatic N) is 1. The Balaban J connectivity index is 2.08. The van der Waals surface area contributed by atoms with Gasteiger partial charge in [0, 0.05) is 23.9 Å². The molecule has 0 amide bonds. The summed E-state index contributed by atoms with van der Waals surface area (Å²) in [6.07, 6.45) is 2.02. The molecule has 1 heterocycles. The average molecular weight is 335 g/mol. The summed E-state index contributed by atoms with van der Waals surface area (Å²) in [7, 11) is 1.65. The molecule has 25 heavy (non-hydrogen) atoms. The maximum absolute atomic E-state index is 14.6. The Bertz CT molecular complexity index is 878. The van der Waals surface area contributed by atoms with Crippen molar-refractivity contribution in [2.45, 2.75) is 20.4 Å². The van der Waals surface area contributed by atoms with E-state index < -0.39 is 0 Å². The molecule has 3 rings (SSSR count). The number of aryl methyl sites for hydroxylation is 1. The number of halogens is 1. The summed E-state index contributed by atoms with van der Waals surface area (Å²) in [5, 5.41) is 0. The molecule has 1 aliphatic rings. The average Bonchev–Trinajstić information content (AvgIpc) is 2.60. The van der Waals surface area contributed by atoms with Crippen molar-refractivity contribution in [3.63, 3.8) is 0 Å². The maximum Gasteiger partial charge on any atom is 0.133 e. The minimum absolute atomic E-state index is 0.253. The highest BCUT2D eigenvalue weighted by molar-refractivity contribution is 5.92. The molecular weight excluding hydrogens is 313 g/mol. The highest BCUT2D eigenvalue weighted by atomic mass is 19.1. The molecule has 0 fully saturated rings. The van der Waals surface area contributed by atoms with Crippen LogP contribution in [-0.2, 0) is 6.54 Å². The zero-order valence-electron chi connectivity index (χ0n) is 14.9. The van der Waals surface area contributed by atoms with Gasteiger partial charge in [-0.3, -0.25) is 0 Å². The Morgan fingerprint density at radius 3 is 2.44 bits per heavy atom. The fourth-order valence-corrected chi connectivity index (χ4v) is 3.18. The summed E-state index contributed by atoms with van der Waals surface area (Å²) < 4.78 is 19.8. The molecule has 0 unspecified atom stereocenters. The van der Waals surface area contributed by atoms with E-state index in [1.807, 2.05) is 50.4 Å². The molecule has 2 nitrogen and oxygen atoms in total. The van der Waals surface area contributed by atoms with Crippen molar-refractivity contribution in [1.82, 2.24) is 0 Å². The third-order valence-electron chi connectivity index (χ3n) is 4.50. The lowest BCUT2D eigenvalue weighted by atomic mass is 9.89. The molecule has 0 N–H and O–H groups in total. The van der Waals surface area contributed by atoms with Crippen LogP contribution in [0.4, 0.5) is 10.1 Å². The van der Waals surface area contributed by atoms with Gasteiger partial charge in [0.15, 0.2) is 0 Å². The summed E-state index contributed by atoms with van der Waals surface area (Å²) in [5.74, 6) is 0.564. The van der Waals surface area contributed by atoms with Crippen molar-refractivity contribution >= 4 is 11.3 Å². The molecular formula is C22H22FNO. The van der Waals surface area contributed by atoms with Gasteiger partial charge in [-0.15, -0.1) is 0 Å². The van der Waals surface area contributed by atoms with Crippen LogP contribution in [0.25, 0.3) is 5.57 Å². The molecule has 0 aliphatic carbocycles. The van der Waals surface area contributed by atoms with Crippen molar-refractivity contribution in [2.24, 2.45) is 0 Å². The lowest BCUT2D eigenvalue weighted by molar-refractivity contribution is 0.414. The molecule has 1 aliphatic heterocycles. The van der Waals surface area contributed by atoms with E-state index in [0.717, 1.165) is 33.7 Å². The molecule has 128 valence electrons. The van der Waals surface area contributed by atoms with Crippen LogP contribution in [-0.4, -0.2) is 7.11 Å². The van der Waals surface area contributed by atoms with Crippen LogP contribution in [0, 0.1) is 12.7 Å². The van der Waals surface area contributed by atoms with Crippen LogP contribution in [0.5, 0.6) is 5.75 Å². The molecule has 0 saturated carbocycles. The van der Waals surface area contributed by atoms with Gasteiger partial charge in [0.05, 0.1) is 12.8 Å². The molecule has 0 radical (unpaired) electrons. The van der Waals surface area contributed by atoms with Crippen LogP contribution >= 0.6 is 0 Å². The molecule has 3 heteroatoms. The monoisotopic (exact) mass is 335 g/mol. The first kappa shape index (κ1) is 17.0. The van der Waals surface area contributed by atoms with Crippen molar-refractivity contribution in [1.29, 1.82) is 0 Å². The number of benzene rings is 2. The zero-order chi connectivity index (χ0) is 18.1. The Kier molecular flexibility index (Phi) is 4.49. The minimum atomic E-state index is -0.253. The van der Waals surface area contributed by atoms with Crippen LogP contribution in [0.1, 0.15) is 23.6 Å². The Morgan fingerprint density at radius 1 is 1.16 bits per heavy atom. The molecule has 0 spiro atoms. The first-order chi connectivity index (χ1) is 11.9. The number of methoxy groups -OCH3 is 1. The van der Waals surface area contributed by atoms with Gasteiger partial charge in [0.1, 0.15) is 11.6 Å². The lowest BCUT2D eigenvalue weighted by Crippen LogP contribution is -2.23. The van der Waals surface area contributed by atoms with E-state index in [-0.39, 0.29) is 5.82 Å². The third-order valence-corrected chi connectivity index (χ3v) is 4.50. The molecule has 0 atom stereocenters. The number of allylic oxidation sites excluding steroid dienone is 3.